The molecule has 15 heteroatoms. The Hall–Kier alpha value is -4.53. The van der Waals surface area contributed by atoms with Crippen LogP contribution in [-0.4, -0.2) is 83.9 Å². The normalized spacial score (nSPS) is 18.9. The smallest absolute Gasteiger partial charge is 0.417 e. The van der Waals surface area contributed by atoms with Crippen LogP contribution in [0, 0.1) is 11.6 Å². The first-order valence-electron chi connectivity index (χ1n) is 15.4. The van der Waals surface area contributed by atoms with Crippen LogP contribution in [0.2, 0.25) is 0 Å². The molecule has 0 spiro atoms. The van der Waals surface area contributed by atoms with Gasteiger partial charge in [0.1, 0.15) is 17.2 Å². The van der Waals surface area contributed by atoms with Gasteiger partial charge in [0.15, 0.2) is 0 Å². The van der Waals surface area contributed by atoms with Gasteiger partial charge in [0, 0.05) is 49.7 Å². The molecule has 2 amide bonds. The van der Waals surface area contributed by atoms with E-state index in [-0.39, 0.29) is 41.7 Å². The van der Waals surface area contributed by atoms with E-state index in [1.807, 2.05) is 4.90 Å². The number of nitrogens with zero attached hydrogens (tertiary/aromatic N) is 5. The van der Waals surface area contributed by atoms with Gasteiger partial charge >= 0.3 is 12.3 Å². The van der Waals surface area contributed by atoms with Crippen LogP contribution in [0.15, 0.2) is 42.7 Å². The first kappa shape index (κ1) is 34.8. The average Bonchev–Trinajstić information content (AvgIpc) is 3.00. The van der Waals surface area contributed by atoms with Crippen molar-refractivity contribution in [3.8, 4) is 11.1 Å². The largest absolute Gasteiger partial charge is 0.444 e. The lowest BCUT2D eigenvalue weighted by atomic mass is 10.0. The predicted octanol–water partition coefficient (Wildman–Crippen LogP) is 6.36. The summed E-state index contributed by atoms with van der Waals surface area (Å²) < 4.78 is 82.2. The molecular weight excluding hydrogens is 639 g/mol. The van der Waals surface area contributed by atoms with Gasteiger partial charge in [0.2, 0.25) is 5.95 Å². The molecule has 2 aliphatic rings. The quantitative estimate of drug-likeness (QED) is 0.312. The minimum atomic E-state index is -5.02. The van der Waals surface area contributed by atoms with E-state index in [4.69, 9.17) is 9.47 Å². The fraction of sp³-hybridized carbons (Fsp3) is 0.455. The van der Waals surface area contributed by atoms with Crippen molar-refractivity contribution >= 4 is 29.3 Å². The summed E-state index contributed by atoms with van der Waals surface area (Å²) in [6.45, 7) is 11.4. The molecule has 10 nitrogen and oxygen atoms in total. The average molecular weight is 677 g/mol. The SMILES string of the molecule is C[C@@H]1CN(c2cc(F)c(-c3cnc(N4CCOCC4)nc3)cc2NC(=O)c2ccc(F)cc2C(F)(F)F)C[C@H](C)N1C(=O)OC(C)(C)C. The summed E-state index contributed by atoms with van der Waals surface area (Å²) in [7, 11) is 0. The Morgan fingerprint density at radius 1 is 0.938 bits per heavy atom. The number of hydrogen-bond acceptors (Lipinski definition) is 8. The van der Waals surface area contributed by atoms with Gasteiger partial charge in [0.05, 0.1) is 47.8 Å². The van der Waals surface area contributed by atoms with Crippen LogP contribution in [0.3, 0.4) is 0 Å². The first-order chi connectivity index (χ1) is 22.5. The second-order valence-corrected chi connectivity index (χ2v) is 12.9. The second-order valence-electron chi connectivity index (χ2n) is 12.9. The number of benzene rings is 2. The molecule has 3 heterocycles. The Bertz CT molecular complexity index is 1650. The summed E-state index contributed by atoms with van der Waals surface area (Å²) in [5.41, 5.74) is -2.57. The number of morpholine rings is 1. The number of nitrogens with one attached hydrogen (secondary N) is 1. The molecule has 0 aliphatic carbocycles. The summed E-state index contributed by atoms with van der Waals surface area (Å²) in [5, 5.41) is 2.51. The third-order valence-electron chi connectivity index (χ3n) is 7.97. The first-order valence-corrected chi connectivity index (χ1v) is 15.4. The van der Waals surface area contributed by atoms with Crippen molar-refractivity contribution in [1.82, 2.24) is 14.9 Å². The van der Waals surface area contributed by atoms with E-state index in [0.29, 0.717) is 32.3 Å². The van der Waals surface area contributed by atoms with E-state index in [2.05, 4.69) is 15.3 Å². The summed E-state index contributed by atoms with van der Waals surface area (Å²) in [4.78, 5) is 40.4. The van der Waals surface area contributed by atoms with Crippen LogP contribution < -0.4 is 15.1 Å². The Kier molecular flexibility index (Phi) is 9.81. The van der Waals surface area contributed by atoms with Gasteiger partial charge in [-0.05, 0) is 65.0 Å². The van der Waals surface area contributed by atoms with Crippen LogP contribution in [0.25, 0.3) is 11.1 Å². The Morgan fingerprint density at radius 2 is 1.56 bits per heavy atom. The standard InChI is InChI=1S/C33H37F5N6O4/c1-19-17-43(18-20(2)44(19)31(46)48-32(3,4)5)28-14-26(35)24(21-15-39-30(40-16-21)42-8-10-47-11-9-42)13-27(28)41-29(45)23-7-6-22(34)12-25(23)33(36,37)38/h6-7,12-16,19-20H,8-11,17-18H2,1-5H3,(H,41,45)/t19-,20+. The van der Waals surface area contributed by atoms with Crippen molar-refractivity contribution in [2.75, 3.05) is 54.5 Å². The molecule has 2 saturated heterocycles. The van der Waals surface area contributed by atoms with Crippen molar-refractivity contribution in [2.24, 2.45) is 0 Å². The lowest BCUT2D eigenvalue weighted by molar-refractivity contribution is -0.138. The molecular formula is C33H37F5N6O4. The van der Waals surface area contributed by atoms with Gasteiger partial charge in [-0.15, -0.1) is 0 Å². The number of carbonyl (C=O) groups excluding carboxylic acids is 2. The molecule has 1 N–H and O–H groups in total. The monoisotopic (exact) mass is 676 g/mol. The van der Waals surface area contributed by atoms with Crippen LogP contribution in [0.1, 0.15) is 50.5 Å². The van der Waals surface area contributed by atoms with E-state index in [1.165, 1.54) is 24.5 Å². The van der Waals surface area contributed by atoms with Gasteiger partial charge in [-0.1, -0.05) is 0 Å². The third-order valence-corrected chi connectivity index (χ3v) is 7.97. The van der Waals surface area contributed by atoms with Crippen LogP contribution in [0.4, 0.5) is 44.1 Å². The van der Waals surface area contributed by atoms with Crippen molar-refractivity contribution in [1.29, 1.82) is 0 Å². The van der Waals surface area contributed by atoms with Gasteiger partial charge in [0.25, 0.3) is 5.91 Å². The van der Waals surface area contributed by atoms with E-state index in [9.17, 15) is 27.2 Å². The molecule has 0 bridgehead atoms. The molecule has 2 fully saturated rings. The molecule has 2 aromatic carbocycles. The van der Waals surface area contributed by atoms with E-state index in [0.717, 1.165) is 12.1 Å². The number of halogens is 5. The minimum absolute atomic E-state index is 0.00350. The lowest BCUT2D eigenvalue weighted by Crippen LogP contribution is -2.59. The van der Waals surface area contributed by atoms with Gasteiger partial charge in [-0.2, -0.15) is 13.2 Å². The number of amides is 2. The fourth-order valence-corrected chi connectivity index (χ4v) is 5.87. The molecule has 0 saturated carbocycles. The number of rotatable bonds is 5. The zero-order chi connectivity index (χ0) is 35.0. The highest BCUT2D eigenvalue weighted by atomic mass is 19.4. The zero-order valence-electron chi connectivity index (χ0n) is 27.2. The maximum absolute atomic E-state index is 15.9. The zero-order valence-corrected chi connectivity index (χ0v) is 27.2. The summed E-state index contributed by atoms with van der Waals surface area (Å²) >= 11 is 0. The number of anilines is 3. The Balaban J connectivity index is 1.52. The van der Waals surface area contributed by atoms with Crippen LogP contribution in [-0.2, 0) is 15.7 Å². The predicted molar refractivity (Wildman–Crippen MR) is 169 cm³/mol. The molecule has 258 valence electrons. The van der Waals surface area contributed by atoms with E-state index < -0.39 is 58.6 Å². The minimum Gasteiger partial charge on any atom is -0.444 e. The topological polar surface area (TPSA) is 100 Å². The number of aromatic nitrogens is 2. The summed E-state index contributed by atoms with van der Waals surface area (Å²) in [6.07, 6.45) is -2.69. The molecule has 2 aliphatic heterocycles. The second kappa shape index (κ2) is 13.5. The molecule has 1 aromatic heterocycles. The molecule has 3 aromatic rings. The molecule has 0 unspecified atom stereocenters. The molecule has 5 rings (SSSR count). The van der Waals surface area contributed by atoms with E-state index in [1.54, 1.807) is 44.4 Å². The van der Waals surface area contributed by atoms with Crippen molar-refractivity contribution in [2.45, 2.75) is 58.5 Å². The number of alkyl halides is 3. The highest BCUT2D eigenvalue weighted by molar-refractivity contribution is 6.07. The number of hydrogen-bond donors (Lipinski definition) is 1. The van der Waals surface area contributed by atoms with E-state index >= 15 is 4.39 Å². The third kappa shape index (κ3) is 7.77. The van der Waals surface area contributed by atoms with Gasteiger partial charge < -0.3 is 24.6 Å². The Labute approximate surface area is 274 Å². The molecule has 48 heavy (non-hydrogen) atoms. The number of ether oxygens (including phenoxy) is 2. The summed E-state index contributed by atoms with van der Waals surface area (Å²) in [5.74, 6) is -2.60. The molecule has 0 radical (unpaired) electrons. The maximum atomic E-state index is 15.9. The van der Waals surface area contributed by atoms with Crippen molar-refractivity contribution in [3.63, 3.8) is 0 Å². The number of carbonyl (C=O) groups is 2. The lowest BCUT2D eigenvalue weighted by Gasteiger charge is -2.45. The van der Waals surface area contributed by atoms with Gasteiger partial charge in [-0.25, -0.2) is 23.5 Å². The van der Waals surface area contributed by atoms with Gasteiger partial charge in [-0.3, -0.25) is 9.69 Å². The summed E-state index contributed by atoms with van der Waals surface area (Å²) in [6, 6.07) is 3.39. The fourth-order valence-electron chi connectivity index (χ4n) is 5.87. The Morgan fingerprint density at radius 3 is 2.15 bits per heavy atom. The molecule has 2 atom stereocenters. The van der Waals surface area contributed by atoms with Crippen LogP contribution >= 0.6 is 0 Å². The van der Waals surface area contributed by atoms with Crippen LogP contribution in [0.5, 0.6) is 0 Å². The maximum Gasteiger partial charge on any atom is 0.417 e. The number of piperazine rings is 1. The highest BCUT2D eigenvalue weighted by Crippen LogP contribution is 2.38. The highest BCUT2D eigenvalue weighted by Gasteiger charge is 2.38. The van der Waals surface area contributed by atoms with Crippen molar-refractivity contribution < 1.29 is 41.0 Å². The van der Waals surface area contributed by atoms with Crippen molar-refractivity contribution in [3.05, 3.63) is 65.5 Å².